The molecule has 5 heteroatoms. The summed E-state index contributed by atoms with van der Waals surface area (Å²) in [5.74, 6) is 0.567. The zero-order chi connectivity index (χ0) is 17.8. The molecule has 3 aromatic rings. The van der Waals surface area contributed by atoms with Crippen LogP contribution in [0.2, 0.25) is 5.02 Å². The van der Waals surface area contributed by atoms with Gasteiger partial charge in [-0.3, -0.25) is 4.79 Å². The average molecular weight is 352 g/mol. The minimum Gasteiger partial charge on any atom is -0.329 e. The Kier molecular flexibility index (Phi) is 5.00. The topological polar surface area (TPSA) is 45.2 Å². The number of aryl methyl sites for hydroxylation is 1. The SMILES string of the molecule is Cc1cc(Cl)ccc1NC(=O)c1ccc(N(C)c2ccccc2)nc1. The molecule has 0 aliphatic heterocycles. The molecule has 0 spiro atoms. The fraction of sp³-hybridized carbons (Fsp3) is 0.100. The number of benzene rings is 2. The Morgan fingerprint density at radius 2 is 1.84 bits per heavy atom. The molecule has 4 nitrogen and oxygen atoms in total. The van der Waals surface area contributed by atoms with Crippen molar-refractivity contribution < 1.29 is 4.79 Å². The Bertz CT molecular complexity index is 879. The van der Waals surface area contributed by atoms with Crippen LogP contribution in [0.5, 0.6) is 0 Å². The molecular weight excluding hydrogens is 334 g/mol. The first-order valence-corrected chi connectivity index (χ1v) is 8.25. The zero-order valence-electron chi connectivity index (χ0n) is 14.0. The molecule has 0 aliphatic rings. The molecule has 0 unspecified atom stereocenters. The van der Waals surface area contributed by atoms with Crippen LogP contribution < -0.4 is 10.2 Å². The third-order valence-electron chi connectivity index (χ3n) is 3.93. The lowest BCUT2D eigenvalue weighted by Gasteiger charge is -2.18. The standard InChI is InChI=1S/C20H18ClN3O/c1-14-12-16(21)9-10-18(14)23-20(25)15-8-11-19(22-13-15)24(2)17-6-4-3-5-7-17/h3-13H,1-2H3,(H,23,25). The first kappa shape index (κ1) is 17.0. The lowest BCUT2D eigenvalue weighted by atomic mass is 10.2. The molecule has 1 heterocycles. The predicted molar refractivity (Wildman–Crippen MR) is 103 cm³/mol. The highest BCUT2D eigenvalue weighted by molar-refractivity contribution is 6.30. The van der Waals surface area contributed by atoms with E-state index in [2.05, 4.69) is 10.3 Å². The maximum Gasteiger partial charge on any atom is 0.257 e. The van der Waals surface area contributed by atoms with Gasteiger partial charge in [-0.1, -0.05) is 29.8 Å². The first-order chi connectivity index (χ1) is 12.0. The summed E-state index contributed by atoms with van der Waals surface area (Å²) in [6.07, 6.45) is 1.58. The second kappa shape index (κ2) is 7.36. The molecule has 126 valence electrons. The lowest BCUT2D eigenvalue weighted by Crippen LogP contribution is -2.15. The number of rotatable bonds is 4. The number of carbonyl (C=O) groups excluding carboxylic acids is 1. The normalized spacial score (nSPS) is 10.4. The second-order valence-corrected chi connectivity index (χ2v) is 6.15. The van der Waals surface area contributed by atoms with Crippen LogP contribution in [0.4, 0.5) is 17.2 Å². The van der Waals surface area contributed by atoms with E-state index in [1.54, 1.807) is 24.4 Å². The highest BCUT2D eigenvalue weighted by Gasteiger charge is 2.10. The van der Waals surface area contributed by atoms with E-state index in [9.17, 15) is 4.79 Å². The van der Waals surface area contributed by atoms with Gasteiger partial charge in [0.05, 0.1) is 5.56 Å². The number of aromatic nitrogens is 1. The first-order valence-electron chi connectivity index (χ1n) is 7.87. The van der Waals surface area contributed by atoms with Crippen molar-refractivity contribution in [2.24, 2.45) is 0 Å². The smallest absolute Gasteiger partial charge is 0.257 e. The number of anilines is 3. The average Bonchev–Trinajstić information content (AvgIpc) is 2.64. The van der Waals surface area contributed by atoms with Crippen molar-refractivity contribution in [3.63, 3.8) is 0 Å². The van der Waals surface area contributed by atoms with Crippen molar-refractivity contribution in [1.82, 2.24) is 4.98 Å². The molecule has 0 aliphatic carbocycles. The number of carbonyl (C=O) groups is 1. The quantitative estimate of drug-likeness (QED) is 0.714. The summed E-state index contributed by atoms with van der Waals surface area (Å²) >= 11 is 5.94. The number of nitrogens with zero attached hydrogens (tertiary/aromatic N) is 2. The van der Waals surface area contributed by atoms with Gasteiger partial charge in [0.25, 0.3) is 5.91 Å². The molecule has 0 saturated heterocycles. The number of hydrogen-bond acceptors (Lipinski definition) is 3. The van der Waals surface area contributed by atoms with Crippen LogP contribution in [0.15, 0.2) is 66.9 Å². The second-order valence-electron chi connectivity index (χ2n) is 5.71. The molecular formula is C20H18ClN3O. The molecule has 1 amide bonds. The zero-order valence-corrected chi connectivity index (χ0v) is 14.8. The summed E-state index contributed by atoms with van der Waals surface area (Å²) in [5, 5.41) is 3.53. The van der Waals surface area contributed by atoms with Crippen LogP contribution in [0.25, 0.3) is 0 Å². The van der Waals surface area contributed by atoms with Gasteiger partial charge in [0.2, 0.25) is 0 Å². The van der Waals surface area contributed by atoms with Gasteiger partial charge in [0.15, 0.2) is 0 Å². The van der Waals surface area contributed by atoms with Crippen molar-refractivity contribution in [2.75, 3.05) is 17.3 Å². The summed E-state index contributed by atoms with van der Waals surface area (Å²) in [5.41, 5.74) is 3.18. The molecule has 2 aromatic carbocycles. The van der Waals surface area contributed by atoms with Gasteiger partial charge in [-0.05, 0) is 55.0 Å². The molecule has 0 radical (unpaired) electrons. The fourth-order valence-corrected chi connectivity index (χ4v) is 2.69. The maximum atomic E-state index is 12.4. The largest absolute Gasteiger partial charge is 0.329 e. The van der Waals surface area contributed by atoms with Crippen molar-refractivity contribution in [3.05, 3.63) is 83.0 Å². The van der Waals surface area contributed by atoms with Gasteiger partial charge in [0.1, 0.15) is 5.82 Å². The molecule has 3 rings (SSSR count). The summed E-state index contributed by atoms with van der Waals surface area (Å²) in [7, 11) is 1.94. The van der Waals surface area contributed by atoms with E-state index >= 15 is 0 Å². The molecule has 1 aromatic heterocycles. The van der Waals surface area contributed by atoms with Gasteiger partial charge in [0, 0.05) is 29.6 Å². The van der Waals surface area contributed by atoms with Crippen LogP contribution in [0.3, 0.4) is 0 Å². The molecule has 1 N–H and O–H groups in total. The predicted octanol–water partition coefficient (Wildman–Crippen LogP) is 5.06. The Hall–Kier alpha value is -2.85. The van der Waals surface area contributed by atoms with E-state index < -0.39 is 0 Å². The molecule has 0 fully saturated rings. The number of nitrogens with one attached hydrogen (secondary N) is 1. The van der Waals surface area contributed by atoms with Gasteiger partial charge in [-0.25, -0.2) is 4.98 Å². The summed E-state index contributed by atoms with van der Waals surface area (Å²) in [6.45, 7) is 1.90. The third-order valence-corrected chi connectivity index (χ3v) is 4.17. The van der Waals surface area contributed by atoms with E-state index in [1.165, 1.54) is 0 Å². The highest BCUT2D eigenvalue weighted by atomic mass is 35.5. The maximum absolute atomic E-state index is 12.4. The fourth-order valence-electron chi connectivity index (χ4n) is 2.46. The molecule has 25 heavy (non-hydrogen) atoms. The third kappa shape index (κ3) is 3.98. The van der Waals surface area contributed by atoms with Gasteiger partial charge in [-0.2, -0.15) is 0 Å². The van der Waals surface area contributed by atoms with E-state index in [4.69, 9.17) is 11.6 Å². The number of halogens is 1. The number of pyridine rings is 1. The van der Waals surface area contributed by atoms with E-state index in [-0.39, 0.29) is 5.91 Å². The highest BCUT2D eigenvalue weighted by Crippen LogP contribution is 2.22. The van der Waals surface area contributed by atoms with E-state index in [0.717, 1.165) is 22.8 Å². The Labute approximate surface area is 152 Å². The van der Waals surface area contributed by atoms with Crippen molar-refractivity contribution in [2.45, 2.75) is 6.92 Å². The molecule has 0 atom stereocenters. The van der Waals surface area contributed by atoms with Crippen molar-refractivity contribution in [1.29, 1.82) is 0 Å². The van der Waals surface area contributed by atoms with Crippen molar-refractivity contribution >= 4 is 34.7 Å². The number of hydrogen-bond donors (Lipinski definition) is 1. The summed E-state index contributed by atoms with van der Waals surface area (Å²) in [6, 6.07) is 18.9. The minimum absolute atomic E-state index is 0.202. The monoisotopic (exact) mass is 351 g/mol. The summed E-state index contributed by atoms with van der Waals surface area (Å²) in [4.78, 5) is 18.8. The van der Waals surface area contributed by atoms with Crippen LogP contribution in [0, 0.1) is 6.92 Å². The number of para-hydroxylation sites is 1. The van der Waals surface area contributed by atoms with Crippen LogP contribution >= 0.6 is 11.6 Å². The Morgan fingerprint density at radius 3 is 2.48 bits per heavy atom. The van der Waals surface area contributed by atoms with Crippen LogP contribution in [-0.4, -0.2) is 17.9 Å². The van der Waals surface area contributed by atoms with Crippen LogP contribution in [-0.2, 0) is 0 Å². The molecule has 0 saturated carbocycles. The van der Waals surface area contributed by atoms with E-state index in [1.807, 2.05) is 61.3 Å². The molecule has 0 bridgehead atoms. The Morgan fingerprint density at radius 1 is 1.08 bits per heavy atom. The minimum atomic E-state index is -0.202. The summed E-state index contributed by atoms with van der Waals surface area (Å²) < 4.78 is 0. The Balaban J connectivity index is 1.74. The van der Waals surface area contributed by atoms with Crippen molar-refractivity contribution in [3.8, 4) is 0 Å². The van der Waals surface area contributed by atoms with Crippen LogP contribution in [0.1, 0.15) is 15.9 Å². The van der Waals surface area contributed by atoms with Gasteiger partial charge >= 0.3 is 0 Å². The van der Waals surface area contributed by atoms with E-state index in [0.29, 0.717) is 10.6 Å². The van der Waals surface area contributed by atoms with Gasteiger partial charge < -0.3 is 10.2 Å². The van der Waals surface area contributed by atoms with Gasteiger partial charge in [-0.15, -0.1) is 0 Å². The number of amides is 1. The lowest BCUT2D eigenvalue weighted by molar-refractivity contribution is 0.102.